The van der Waals surface area contributed by atoms with Crippen molar-refractivity contribution in [3.05, 3.63) is 0 Å². The molecule has 0 unspecified atom stereocenters. The fraction of sp³-hybridized carbons (Fsp3) is 1.00. The van der Waals surface area contributed by atoms with Crippen molar-refractivity contribution in [3.8, 4) is 0 Å². The Hall–Kier alpha value is -0.0800. The molecule has 0 saturated carbocycles. The van der Waals surface area contributed by atoms with E-state index in [0.717, 1.165) is 19.4 Å². The van der Waals surface area contributed by atoms with E-state index in [2.05, 4.69) is 6.92 Å². The molecule has 60 valence electrons. The lowest BCUT2D eigenvalue weighted by Gasteiger charge is -2.28. The maximum Gasteiger partial charge on any atom is 0.0550 e. The Morgan fingerprint density at radius 1 is 1.60 bits per heavy atom. The van der Waals surface area contributed by atoms with Crippen LogP contribution in [0.3, 0.4) is 0 Å². The molecule has 1 saturated heterocycles. The van der Waals surface area contributed by atoms with Gasteiger partial charge in [0.05, 0.1) is 12.2 Å². The molecule has 2 heteroatoms. The lowest BCUT2D eigenvalue weighted by atomic mass is 9.92. The van der Waals surface area contributed by atoms with Gasteiger partial charge < -0.3 is 9.84 Å². The molecular weight excluding hydrogens is 128 g/mol. The standard InChI is InChI=1S/C8H16O2/c1-6-5-8(7(2)9)3-4-10-6/h6-9H,3-5H2,1-2H3/t6-,7+,8+/m0/s1. The number of aliphatic hydroxyl groups excluding tert-OH is 1. The molecule has 1 heterocycles. The average molecular weight is 144 g/mol. The van der Waals surface area contributed by atoms with E-state index in [4.69, 9.17) is 4.74 Å². The molecule has 1 aliphatic rings. The summed E-state index contributed by atoms with van der Waals surface area (Å²) in [7, 11) is 0. The maximum atomic E-state index is 9.24. The van der Waals surface area contributed by atoms with Crippen molar-refractivity contribution in [2.24, 2.45) is 5.92 Å². The monoisotopic (exact) mass is 144 g/mol. The topological polar surface area (TPSA) is 29.5 Å². The molecule has 0 aliphatic carbocycles. The zero-order valence-electron chi connectivity index (χ0n) is 6.71. The van der Waals surface area contributed by atoms with Gasteiger partial charge in [0.2, 0.25) is 0 Å². The van der Waals surface area contributed by atoms with Gasteiger partial charge >= 0.3 is 0 Å². The van der Waals surface area contributed by atoms with Crippen molar-refractivity contribution >= 4 is 0 Å². The summed E-state index contributed by atoms with van der Waals surface area (Å²) in [5, 5.41) is 9.24. The third-order valence-corrected chi connectivity index (χ3v) is 2.21. The van der Waals surface area contributed by atoms with Crippen LogP contribution in [0.4, 0.5) is 0 Å². The Morgan fingerprint density at radius 2 is 2.30 bits per heavy atom. The van der Waals surface area contributed by atoms with Crippen LogP contribution in [0.15, 0.2) is 0 Å². The van der Waals surface area contributed by atoms with Crippen molar-refractivity contribution < 1.29 is 9.84 Å². The summed E-state index contributed by atoms with van der Waals surface area (Å²) in [6.07, 6.45) is 2.21. The quantitative estimate of drug-likeness (QED) is 0.599. The van der Waals surface area contributed by atoms with Crippen LogP contribution < -0.4 is 0 Å². The Morgan fingerprint density at radius 3 is 2.70 bits per heavy atom. The van der Waals surface area contributed by atoms with Gasteiger partial charge in [0.1, 0.15) is 0 Å². The molecule has 0 radical (unpaired) electrons. The summed E-state index contributed by atoms with van der Waals surface area (Å²) < 4.78 is 5.35. The van der Waals surface area contributed by atoms with E-state index in [9.17, 15) is 5.11 Å². The Balaban J connectivity index is 2.32. The van der Waals surface area contributed by atoms with E-state index >= 15 is 0 Å². The van der Waals surface area contributed by atoms with Gasteiger partial charge in [-0.2, -0.15) is 0 Å². The second kappa shape index (κ2) is 3.35. The summed E-state index contributed by atoms with van der Waals surface area (Å²) in [6, 6.07) is 0. The van der Waals surface area contributed by atoms with Gasteiger partial charge in [-0.3, -0.25) is 0 Å². The summed E-state index contributed by atoms with van der Waals surface area (Å²) in [5.41, 5.74) is 0. The van der Waals surface area contributed by atoms with E-state index in [1.807, 2.05) is 6.92 Å². The smallest absolute Gasteiger partial charge is 0.0550 e. The van der Waals surface area contributed by atoms with Gasteiger partial charge in [-0.1, -0.05) is 0 Å². The lowest BCUT2D eigenvalue weighted by molar-refractivity contribution is -0.0305. The number of rotatable bonds is 1. The molecule has 3 atom stereocenters. The Labute approximate surface area is 62.2 Å². The highest BCUT2D eigenvalue weighted by molar-refractivity contribution is 4.72. The molecule has 0 aromatic rings. The van der Waals surface area contributed by atoms with Crippen molar-refractivity contribution in [3.63, 3.8) is 0 Å². The molecule has 0 aromatic heterocycles. The number of hydrogen-bond donors (Lipinski definition) is 1. The molecule has 2 nitrogen and oxygen atoms in total. The molecule has 10 heavy (non-hydrogen) atoms. The molecule has 0 bridgehead atoms. The van der Waals surface area contributed by atoms with Crippen molar-refractivity contribution in [2.75, 3.05) is 6.61 Å². The van der Waals surface area contributed by atoms with Crippen molar-refractivity contribution in [2.45, 2.75) is 38.9 Å². The van der Waals surface area contributed by atoms with Crippen molar-refractivity contribution in [1.82, 2.24) is 0 Å². The minimum Gasteiger partial charge on any atom is -0.393 e. The van der Waals surface area contributed by atoms with E-state index < -0.39 is 0 Å². The molecule has 0 spiro atoms. The number of hydrogen-bond acceptors (Lipinski definition) is 2. The zero-order chi connectivity index (χ0) is 7.56. The van der Waals surface area contributed by atoms with Crippen LogP contribution in [-0.2, 0) is 4.74 Å². The highest BCUT2D eigenvalue weighted by Gasteiger charge is 2.22. The minimum absolute atomic E-state index is 0.161. The fourth-order valence-corrected chi connectivity index (χ4v) is 1.47. The summed E-state index contributed by atoms with van der Waals surface area (Å²) >= 11 is 0. The van der Waals surface area contributed by atoms with Crippen LogP contribution in [0.2, 0.25) is 0 Å². The van der Waals surface area contributed by atoms with Gasteiger partial charge in [-0.25, -0.2) is 0 Å². The largest absolute Gasteiger partial charge is 0.393 e. The molecule has 1 fully saturated rings. The van der Waals surface area contributed by atoms with Gasteiger partial charge in [0, 0.05) is 6.61 Å². The van der Waals surface area contributed by atoms with Crippen LogP contribution >= 0.6 is 0 Å². The summed E-state index contributed by atoms with van der Waals surface area (Å²) in [4.78, 5) is 0. The van der Waals surface area contributed by atoms with Gasteiger partial charge in [0.15, 0.2) is 0 Å². The molecule has 1 rings (SSSR count). The average Bonchev–Trinajstić information content (AvgIpc) is 1.88. The Kier molecular flexibility index (Phi) is 2.69. The molecule has 1 N–H and O–H groups in total. The predicted molar refractivity (Wildman–Crippen MR) is 39.8 cm³/mol. The van der Waals surface area contributed by atoms with Gasteiger partial charge in [-0.05, 0) is 32.6 Å². The van der Waals surface area contributed by atoms with E-state index in [-0.39, 0.29) is 6.10 Å². The minimum atomic E-state index is -0.161. The van der Waals surface area contributed by atoms with E-state index in [1.54, 1.807) is 0 Å². The summed E-state index contributed by atoms with van der Waals surface area (Å²) in [5.74, 6) is 0.462. The van der Waals surface area contributed by atoms with Gasteiger partial charge in [-0.15, -0.1) is 0 Å². The fourth-order valence-electron chi connectivity index (χ4n) is 1.47. The third-order valence-electron chi connectivity index (χ3n) is 2.21. The predicted octanol–water partition coefficient (Wildman–Crippen LogP) is 1.18. The molecule has 1 aliphatic heterocycles. The zero-order valence-corrected chi connectivity index (χ0v) is 6.71. The SMILES string of the molecule is C[C@H]1C[C@H]([C@@H](C)O)CCO1. The molecule has 0 aromatic carbocycles. The van der Waals surface area contributed by atoms with Crippen LogP contribution in [0, 0.1) is 5.92 Å². The first-order valence-electron chi connectivity index (χ1n) is 4.00. The van der Waals surface area contributed by atoms with Crippen LogP contribution in [0.5, 0.6) is 0 Å². The normalized spacial score (nSPS) is 37.5. The van der Waals surface area contributed by atoms with E-state index in [1.165, 1.54) is 0 Å². The van der Waals surface area contributed by atoms with E-state index in [0.29, 0.717) is 12.0 Å². The highest BCUT2D eigenvalue weighted by Crippen LogP contribution is 2.22. The first kappa shape index (κ1) is 8.02. The van der Waals surface area contributed by atoms with Gasteiger partial charge in [0.25, 0.3) is 0 Å². The highest BCUT2D eigenvalue weighted by atomic mass is 16.5. The summed E-state index contributed by atoms with van der Waals surface area (Å²) in [6.45, 7) is 4.74. The Bertz CT molecular complexity index is 101. The molecular formula is C8H16O2. The van der Waals surface area contributed by atoms with Crippen LogP contribution in [0.25, 0.3) is 0 Å². The first-order valence-corrected chi connectivity index (χ1v) is 4.00. The number of ether oxygens (including phenoxy) is 1. The van der Waals surface area contributed by atoms with Crippen molar-refractivity contribution in [1.29, 1.82) is 0 Å². The first-order chi connectivity index (χ1) is 4.70. The lowest BCUT2D eigenvalue weighted by Crippen LogP contribution is -2.29. The number of aliphatic hydroxyl groups is 1. The maximum absolute atomic E-state index is 9.24. The van der Waals surface area contributed by atoms with Crippen LogP contribution in [-0.4, -0.2) is 23.9 Å². The second-order valence-electron chi connectivity index (χ2n) is 3.21. The molecule has 0 amide bonds. The van der Waals surface area contributed by atoms with Crippen LogP contribution in [0.1, 0.15) is 26.7 Å². The second-order valence-corrected chi connectivity index (χ2v) is 3.21. The third kappa shape index (κ3) is 1.96.